The molecule has 0 atom stereocenters. The van der Waals surface area contributed by atoms with E-state index < -0.39 is 0 Å². The van der Waals surface area contributed by atoms with E-state index in [0.717, 1.165) is 27.4 Å². The van der Waals surface area contributed by atoms with E-state index in [4.69, 9.17) is 0 Å². The van der Waals surface area contributed by atoms with E-state index in [1.54, 1.807) is 17.5 Å². The molecule has 0 aromatic carbocycles. The molecular formula is C12H9N3S. The van der Waals surface area contributed by atoms with Crippen molar-refractivity contribution >= 4 is 21.6 Å². The largest absolute Gasteiger partial charge is 0.255 e. The van der Waals surface area contributed by atoms with Crippen LogP contribution in [0.4, 0.5) is 0 Å². The van der Waals surface area contributed by atoms with E-state index in [2.05, 4.69) is 15.0 Å². The Hall–Kier alpha value is -1.81. The lowest BCUT2D eigenvalue weighted by molar-refractivity contribution is 1.09. The second-order valence-corrected chi connectivity index (χ2v) is 4.39. The fourth-order valence-electron chi connectivity index (χ4n) is 1.66. The van der Waals surface area contributed by atoms with E-state index in [9.17, 15) is 0 Å². The number of thiophene rings is 1. The van der Waals surface area contributed by atoms with E-state index in [-0.39, 0.29) is 0 Å². The lowest BCUT2D eigenvalue weighted by atomic mass is 10.2. The second-order valence-electron chi connectivity index (χ2n) is 3.47. The van der Waals surface area contributed by atoms with E-state index in [0.29, 0.717) is 0 Å². The zero-order chi connectivity index (χ0) is 11.0. The molecule has 0 unspecified atom stereocenters. The first-order chi connectivity index (χ1) is 7.84. The van der Waals surface area contributed by atoms with Gasteiger partial charge in [-0.05, 0) is 30.5 Å². The number of aromatic nitrogens is 3. The standard InChI is InChI=1S/C12H9N3S/c1-8-14-10-5-7-16-12(10)11(15-8)9-4-2-3-6-13-9/h2-7H,1H3. The van der Waals surface area contributed by atoms with Crippen LogP contribution < -0.4 is 0 Å². The van der Waals surface area contributed by atoms with Gasteiger partial charge in [-0.25, -0.2) is 9.97 Å². The third-order valence-electron chi connectivity index (χ3n) is 2.32. The average Bonchev–Trinajstić information content (AvgIpc) is 2.77. The first-order valence-electron chi connectivity index (χ1n) is 4.98. The van der Waals surface area contributed by atoms with Crippen LogP contribution >= 0.6 is 11.3 Å². The van der Waals surface area contributed by atoms with Crippen LogP contribution in [0.25, 0.3) is 21.6 Å². The van der Waals surface area contributed by atoms with Crippen molar-refractivity contribution in [1.82, 2.24) is 15.0 Å². The number of hydrogen-bond acceptors (Lipinski definition) is 4. The van der Waals surface area contributed by atoms with Gasteiger partial charge in [-0.15, -0.1) is 11.3 Å². The summed E-state index contributed by atoms with van der Waals surface area (Å²) in [6, 6.07) is 7.87. The fraction of sp³-hybridized carbons (Fsp3) is 0.0833. The summed E-state index contributed by atoms with van der Waals surface area (Å²) in [6.45, 7) is 1.91. The summed E-state index contributed by atoms with van der Waals surface area (Å²) in [7, 11) is 0. The predicted octanol–water partition coefficient (Wildman–Crippen LogP) is 3.06. The van der Waals surface area contributed by atoms with E-state index >= 15 is 0 Å². The zero-order valence-electron chi connectivity index (χ0n) is 8.71. The lowest BCUT2D eigenvalue weighted by Gasteiger charge is -2.02. The Bertz CT molecular complexity index is 631. The predicted molar refractivity (Wildman–Crippen MR) is 65.4 cm³/mol. The highest BCUT2D eigenvalue weighted by Crippen LogP contribution is 2.28. The van der Waals surface area contributed by atoms with Crippen molar-refractivity contribution in [3.63, 3.8) is 0 Å². The Balaban J connectivity index is 2.34. The van der Waals surface area contributed by atoms with Crippen molar-refractivity contribution in [1.29, 1.82) is 0 Å². The monoisotopic (exact) mass is 227 g/mol. The summed E-state index contributed by atoms with van der Waals surface area (Å²) >= 11 is 1.65. The molecule has 0 aliphatic rings. The highest BCUT2D eigenvalue weighted by molar-refractivity contribution is 7.17. The van der Waals surface area contributed by atoms with Crippen molar-refractivity contribution in [2.45, 2.75) is 6.92 Å². The van der Waals surface area contributed by atoms with Crippen LogP contribution in [-0.2, 0) is 0 Å². The molecule has 78 valence electrons. The van der Waals surface area contributed by atoms with Gasteiger partial charge in [0.05, 0.1) is 15.9 Å². The summed E-state index contributed by atoms with van der Waals surface area (Å²) in [5.41, 5.74) is 2.83. The quantitative estimate of drug-likeness (QED) is 0.641. The Morgan fingerprint density at radius 2 is 2.06 bits per heavy atom. The molecule has 0 aliphatic carbocycles. The molecule has 0 spiro atoms. The zero-order valence-corrected chi connectivity index (χ0v) is 9.53. The van der Waals surface area contributed by atoms with Crippen molar-refractivity contribution in [3.8, 4) is 11.4 Å². The van der Waals surface area contributed by atoms with Crippen molar-refractivity contribution < 1.29 is 0 Å². The minimum atomic E-state index is 0.784. The van der Waals surface area contributed by atoms with Crippen LogP contribution in [0, 0.1) is 6.92 Å². The molecular weight excluding hydrogens is 218 g/mol. The van der Waals surface area contributed by atoms with Crippen LogP contribution in [0.3, 0.4) is 0 Å². The molecule has 3 aromatic heterocycles. The molecule has 0 N–H and O–H groups in total. The Labute approximate surface area is 96.8 Å². The van der Waals surface area contributed by atoms with E-state index in [1.165, 1.54) is 0 Å². The number of aryl methyl sites for hydroxylation is 1. The van der Waals surface area contributed by atoms with Crippen LogP contribution in [0.15, 0.2) is 35.8 Å². The Kier molecular flexibility index (Phi) is 2.15. The van der Waals surface area contributed by atoms with Gasteiger partial charge in [0.25, 0.3) is 0 Å². The third-order valence-corrected chi connectivity index (χ3v) is 3.23. The number of nitrogens with zero attached hydrogens (tertiary/aromatic N) is 3. The first kappa shape index (κ1) is 9.42. The van der Waals surface area contributed by atoms with Gasteiger partial charge < -0.3 is 0 Å². The molecule has 0 radical (unpaired) electrons. The molecule has 0 bridgehead atoms. The minimum Gasteiger partial charge on any atom is -0.255 e. The highest BCUT2D eigenvalue weighted by Gasteiger charge is 2.09. The fourth-order valence-corrected chi connectivity index (χ4v) is 2.49. The second kappa shape index (κ2) is 3.64. The Morgan fingerprint density at radius 1 is 1.12 bits per heavy atom. The lowest BCUT2D eigenvalue weighted by Crippen LogP contribution is -1.92. The minimum absolute atomic E-state index is 0.784. The van der Waals surface area contributed by atoms with Gasteiger partial charge in [-0.2, -0.15) is 0 Å². The first-order valence-corrected chi connectivity index (χ1v) is 5.86. The van der Waals surface area contributed by atoms with Gasteiger partial charge >= 0.3 is 0 Å². The molecule has 3 aromatic rings. The summed E-state index contributed by atoms with van der Waals surface area (Å²) in [6.07, 6.45) is 1.78. The number of rotatable bonds is 1. The van der Waals surface area contributed by atoms with Gasteiger partial charge in [-0.1, -0.05) is 6.07 Å². The van der Waals surface area contributed by atoms with Crippen LogP contribution in [0.2, 0.25) is 0 Å². The number of fused-ring (bicyclic) bond motifs is 1. The highest BCUT2D eigenvalue weighted by atomic mass is 32.1. The molecule has 16 heavy (non-hydrogen) atoms. The van der Waals surface area contributed by atoms with Crippen LogP contribution in [-0.4, -0.2) is 15.0 Å². The van der Waals surface area contributed by atoms with Gasteiger partial charge in [0.2, 0.25) is 0 Å². The summed E-state index contributed by atoms with van der Waals surface area (Å²) < 4.78 is 1.10. The topological polar surface area (TPSA) is 38.7 Å². The van der Waals surface area contributed by atoms with Gasteiger partial charge in [0.1, 0.15) is 11.5 Å². The van der Waals surface area contributed by atoms with Crippen molar-refractivity contribution in [2.24, 2.45) is 0 Å². The normalized spacial score (nSPS) is 10.8. The third kappa shape index (κ3) is 1.47. The Morgan fingerprint density at radius 3 is 2.88 bits per heavy atom. The number of hydrogen-bond donors (Lipinski definition) is 0. The maximum Gasteiger partial charge on any atom is 0.126 e. The molecule has 0 saturated carbocycles. The SMILES string of the molecule is Cc1nc(-c2ccccn2)c2sccc2n1. The summed E-state index contributed by atoms with van der Waals surface area (Å²) in [4.78, 5) is 13.2. The van der Waals surface area contributed by atoms with Gasteiger partial charge in [-0.3, -0.25) is 4.98 Å². The maximum atomic E-state index is 4.48. The summed E-state index contributed by atoms with van der Waals surface area (Å²) in [5, 5.41) is 2.03. The van der Waals surface area contributed by atoms with E-state index in [1.807, 2.05) is 36.6 Å². The van der Waals surface area contributed by atoms with Crippen molar-refractivity contribution in [2.75, 3.05) is 0 Å². The molecule has 0 fully saturated rings. The van der Waals surface area contributed by atoms with Gasteiger partial charge in [0.15, 0.2) is 0 Å². The molecule has 4 heteroatoms. The molecule has 0 saturated heterocycles. The van der Waals surface area contributed by atoms with Crippen LogP contribution in [0.5, 0.6) is 0 Å². The molecule has 3 rings (SSSR count). The van der Waals surface area contributed by atoms with Crippen molar-refractivity contribution in [3.05, 3.63) is 41.7 Å². The summed E-state index contributed by atoms with van der Waals surface area (Å²) in [5.74, 6) is 0.784. The molecule has 3 nitrogen and oxygen atoms in total. The number of pyridine rings is 1. The molecule has 0 aliphatic heterocycles. The average molecular weight is 227 g/mol. The van der Waals surface area contributed by atoms with Gasteiger partial charge in [0, 0.05) is 6.20 Å². The molecule has 0 amide bonds. The smallest absolute Gasteiger partial charge is 0.126 e. The van der Waals surface area contributed by atoms with Crippen LogP contribution in [0.1, 0.15) is 5.82 Å². The maximum absolute atomic E-state index is 4.48. The molecule has 3 heterocycles.